The van der Waals surface area contributed by atoms with E-state index in [0.29, 0.717) is 24.9 Å². The van der Waals surface area contributed by atoms with Crippen molar-refractivity contribution < 1.29 is 24.2 Å². The van der Waals surface area contributed by atoms with E-state index in [1.807, 2.05) is 0 Å². The highest BCUT2D eigenvalue weighted by Gasteiger charge is 2.06. The van der Waals surface area contributed by atoms with Crippen molar-refractivity contribution in [1.82, 2.24) is 5.43 Å². The Bertz CT molecular complexity index is 855. The third-order valence-electron chi connectivity index (χ3n) is 3.87. The molecule has 4 N–H and O–H groups in total. The Morgan fingerprint density at radius 1 is 0.964 bits per heavy atom. The van der Waals surface area contributed by atoms with E-state index in [4.69, 9.17) is 0 Å². The summed E-state index contributed by atoms with van der Waals surface area (Å²) < 4.78 is 13.1. The fourth-order valence-electron chi connectivity index (χ4n) is 2.40. The van der Waals surface area contributed by atoms with Gasteiger partial charge in [-0.05, 0) is 43.2 Å². The SMILES string of the molecule is O=C(CCCCCC(=O)Nc1ccccc1O)NN=Cc1cc(F)ccc1O. The molecule has 0 aromatic heterocycles. The molecule has 0 bridgehead atoms. The molecule has 0 fully saturated rings. The summed E-state index contributed by atoms with van der Waals surface area (Å²) in [6.45, 7) is 0. The zero-order valence-electron chi connectivity index (χ0n) is 15.2. The van der Waals surface area contributed by atoms with Gasteiger partial charge in [-0.15, -0.1) is 0 Å². The molecule has 7 nitrogen and oxygen atoms in total. The van der Waals surface area contributed by atoms with Gasteiger partial charge >= 0.3 is 0 Å². The highest BCUT2D eigenvalue weighted by atomic mass is 19.1. The number of phenolic OH excluding ortho intramolecular Hbond substituents is 2. The first-order valence-electron chi connectivity index (χ1n) is 8.84. The van der Waals surface area contributed by atoms with Crippen LogP contribution >= 0.6 is 0 Å². The van der Waals surface area contributed by atoms with Crippen molar-refractivity contribution in [2.45, 2.75) is 32.1 Å². The van der Waals surface area contributed by atoms with Crippen molar-refractivity contribution in [3.8, 4) is 11.5 Å². The molecule has 0 aliphatic carbocycles. The predicted molar refractivity (Wildman–Crippen MR) is 104 cm³/mol. The minimum absolute atomic E-state index is 0.0136. The van der Waals surface area contributed by atoms with Gasteiger partial charge in [0.2, 0.25) is 11.8 Å². The average Bonchev–Trinajstić information content (AvgIpc) is 2.66. The molecule has 0 unspecified atom stereocenters. The maximum Gasteiger partial charge on any atom is 0.240 e. The first kappa shape index (κ1) is 20.9. The van der Waals surface area contributed by atoms with Crippen molar-refractivity contribution in [1.29, 1.82) is 0 Å². The van der Waals surface area contributed by atoms with E-state index in [2.05, 4.69) is 15.8 Å². The second-order valence-corrected chi connectivity index (χ2v) is 6.12. The van der Waals surface area contributed by atoms with Crippen molar-refractivity contribution >= 4 is 23.7 Å². The Morgan fingerprint density at radius 3 is 2.43 bits per heavy atom. The second kappa shape index (κ2) is 10.7. The van der Waals surface area contributed by atoms with Crippen LogP contribution in [0.4, 0.5) is 10.1 Å². The van der Waals surface area contributed by atoms with E-state index in [1.54, 1.807) is 18.2 Å². The van der Waals surface area contributed by atoms with Crippen LogP contribution in [0.5, 0.6) is 11.5 Å². The van der Waals surface area contributed by atoms with Gasteiger partial charge in [0.05, 0.1) is 11.9 Å². The number of nitrogens with one attached hydrogen (secondary N) is 2. The fourth-order valence-corrected chi connectivity index (χ4v) is 2.40. The van der Waals surface area contributed by atoms with Crippen LogP contribution in [0.1, 0.15) is 37.7 Å². The number of rotatable bonds is 9. The van der Waals surface area contributed by atoms with E-state index in [-0.39, 0.29) is 41.7 Å². The molecule has 0 atom stereocenters. The minimum atomic E-state index is -0.517. The predicted octanol–water partition coefficient (Wildman–Crippen LogP) is 3.28. The van der Waals surface area contributed by atoms with Gasteiger partial charge in [0.15, 0.2) is 0 Å². The van der Waals surface area contributed by atoms with Crippen LogP contribution < -0.4 is 10.7 Å². The van der Waals surface area contributed by atoms with Crippen molar-refractivity contribution in [3.05, 3.63) is 53.8 Å². The standard InChI is InChI=1S/C20H22FN3O4/c21-15-10-11-17(25)14(12-15)13-22-24-20(28)9-3-1-2-8-19(27)23-16-6-4-5-7-18(16)26/h4-7,10-13,25-26H,1-3,8-9H2,(H,23,27)(H,24,28). The molecule has 2 aromatic rings. The highest BCUT2D eigenvalue weighted by molar-refractivity contribution is 5.92. The van der Waals surface area contributed by atoms with Crippen LogP contribution in [0.15, 0.2) is 47.6 Å². The van der Waals surface area contributed by atoms with Gasteiger partial charge in [-0.2, -0.15) is 5.10 Å². The Kier molecular flexibility index (Phi) is 7.95. The fraction of sp³-hybridized carbons (Fsp3) is 0.250. The van der Waals surface area contributed by atoms with E-state index in [1.165, 1.54) is 18.3 Å². The molecule has 0 saturated carbocycles. The third-order valence-corrected chi connectivity index (χ3v) is 3.87. The first-order chi connectivity index (χ1) is 13.5. The molecule has 2 rings (SSSR count). The Hall–Kier alpha value is -3.42. The molecule has 0 aliphatic heterocycles. The van der Waals surface area contributed by atoms with Crippen LogP contribution in [0, 0.1) is 5.82 Å². The number of hydrogen-bond acceptors (Lipinski definition) is 5. The number of para-hydroxylation sites is 2. The molecule has 0 spiro atoms. The smallest absolute Gasteiger partial charge is 0.240 e. The summed E-state index contributed by atoms with van der Waals surface area (Å²) in [6.07, 6.45) is 3.54. The third kappa shape index (κ3) is 7.06. The lowest BCUT2D eigenvalue weighted by Gasteiger charge is -2.06. The first-order valence-corrected chi connectivity index (χ1v) is 8.84. The summed E-state index contributed by atoms with van der Waals surface area (Å²) in [5.41, 5.74) is 2.84. The number of hydrazone groups is 1. The van der Waals surface area contributed by atoms with Gasteiger partial charge in [-0.3, -0.25) is 9.59 Å². The quantitative estimate of drug-likeness (QED) is 0.229. The molecular formula is C20H22FN3O4. The van der Waals surface area contributed by atoms with Gasteiger partial charge < -0.3 is 15.5 Å². The Morgan fingerprint density at radius 2 is 1.68 bits per heavy atom. The molecule has 0 saturated heterocycles. The van der Waals surface area contributed by atoms with Gasteiger partial charge in [-0.25, -0.2) is 9.82 Å². The number of hydrogen-bond donors (Lipinski definition) is 4. The van der Waals surface area contributed by atoms with Gasteiger partial charge in [0.1, 0.15) is 17.3 Å². The highest BCUT2D eigenvalue weighted by Crippen LogP contribution is 2.21. The lowest BCUT2D eigenvalue weighted by Crippen LogP contribution is -2.17. The minimum Gasteiger partial charge on any atom is -0.507 e. The number of benzene rings is 2. The van der Waals surface area contributed by atoms with Crippen LogP contribution in [-0.4, -0.2) is 28.2 Å². The van der Waals surface area contributed by atoms with E-state index < -0.39 is 5.82 Å². The normalized spacial score (nSPS) is 10.8. The second-order valence-electron chi connectivity index (χ2n) is 6.12. The number of unbranched alkanes of at least 4 members (excludes halogenated alkanes) is 2. The number of aromatic hydroxyl groups is 2. The van der Waals surface area contributed by atoms with Crippen molar-refractivity contribution in [2.75, 3.05) is 5.32 Å². The van der Waals surface area contributed by atoms with E-state index >= 15 is 0 Å². The van der Waals surface area contributed by atoms with Gasteiger partial charge in [0, 0.05) is 18.4 Å². The Balaban J connectivity index is 1.61. The molecule has 0 heterocycles. The maximum atomic E-state index is 13.1. The van der Waals surface area contributed by atoms with Crippen LogP contribution in [-0.2, 0) is 9.59 Å². The molecule has 2 aromatic carbocycles. The van der Waals surface area contributed by atoms with Crippen molar-refractivity contribution in [2.24, 2.45) is 5.10 Å². The molecule has 8 heteroatoms. The summed E-state index contributed by atoms with van der Waals surface area (Å²) in [4.78, 5) is 23.5. The zero-order chi connectivity index (χ0) is 20.4. The van der Waals surface area contributed by atoms with Gasteiger partial charge in [-0.1, -0.05) is 18.6 Å². The largest absolute Gasteiger partial charge is 0.507 e. The van der Waals surface area contributed by atoms with E-state index in [9.17, 15) is 24.2 Å². The average molecular weight is 387 g/mol. The number of anilines is 1. The Labute approximate surface area is 161 Å². The summed E-state index contributed by atoms with van der Waals surface area (Å²) in [6, 6.07) is 9.91. The van der Waals surface area contributed by atoms with Crippen LogP contribution in [0.3, 0.4) is 0 Å². The van der Waals surface area contributed by atoms with Crippen LogP contribution in [0.25, 0.3) is 0 Å². The maximum absolute atomic E-state index is 13.1. The number of nitrogens with zero attached hydrogens (tertiary/aromatic N) is 1. The summed E-state index contributed by atoms with van der Waals surface area (Å²) in [7, 11) is 0. The van der Waals surface area contributed by atoms with Crippen LogP contribution in [0.2, 0.25) is 0 Å². The molecule has 0 radical (unpaired) electrons. The number of halogens is 1. The number of phenols is 2. The summed E-state index contributed by atoms with van der Waals surface area (Å²) >= 11 is 0. The van der Waals surface area contributed by atoms with Gasteiger partial charge in [0.25, 0.3) is 0 Å². The van der Waals surface area contributed by atoms with Crippen molar-refractivity contribution in [3.63, 3.8) is 0 Å². The van der Waals surface area contributed by atoms with E-state index in [0.717, 1.165) is 12.1 Å². The molecule has 2 amide bonds. The number of carbonyl (C=O) groups excluding carboxylic acids is 2. The summed E-state index contributed by atoms with van der Waals surface area (Å²) in [5, 5.41) is 25.5. The molecule has 28 heavy (non-hydrogen) atoms. The molecular weight excluding hydrogens is 365 g/mol. The topological polar surface area (TPSA) is 111 Å². The zero-order valence-corrected chi connectivity index (χ0v) is 15.2. The number of carbonyl (C=O) groups is 2. The summed E-state index contributed by atoms with van der Waals surface area (Å²) in [5.74, 6) is -1.16. The lowest BCUT2D eigenvalue weighted by atomic mass is 10.1. The molecule has 148 valence electrons. The lowest BCUT2D eigenvalue weighted by molar-refractivity contribution is -0.121. The molecule has 0 aliphatic rings. The monoisotopic (exact) mass is 387 g/mol. The number of amides is 2.